The van der Waals surface area contributed by atoms with Crippen LogP contribution in [-0.4, -0.2) is 17.7 Å². The molecule has 0 aliphatic carbocycles. The van der Waals surface area contributed by atoms with Crippen LogP contribution in [0.2, 0.25) is 0 Å². The highest BCUT2D eigenvalue weighted by atomic mass is 35.5. The van der Waals surface area contributed by atoms with E-state index >= 15 is 0 Å². The highest BCUT2D eigenvalue weighted by Gasteiger charge is 2.25. The number of nitrogens with zero attached hydrogens (tertiary/aromatic N) is 2. The minimum Gasteiger partial charge on any atom is -0.447 e. The Bertz CT molecular complexity index is 202. The molecule has 0 fully saturated rings. The molecular formula is C8H15ClN2O2. The van der Waals surface area contributed by atoms with Crippen LogP contribution in [0.3, 0.4) is 0 Å². The summed E-state index contributed by atoms with van der Waals surface area (Å²) < 4.78 is 4.56. The maximum Gasteiger partial charge on any atom is 0.452 e. The monoisotopic (exact) mass is 206 g/mol. The van der Waals surface area contributed by atoms with E-state index in [0.717, 1.165) is 0 Å². The summed E-state index contributed by atoms with van der Waals surface area (Å²) >= 11 is 5.95. The Balaban J connectivity index is 4.17. The predicted octanol–water partition coefficient (Wildman–Crippen LogP) is 3.21. The van der Waals surface area contributed by atoms with Gasteiger partial charge in [-0.2, -0.15) is 5.11 Å². The van der Waals surface area contributed by atoms with Crippen LogP contribution in [0.4, 0.5) is 4.79 Å². The van der Waals surface area contributed by atoms with Gasteiger partial charge >= 0.3 is 6.09 Å². The number of rotatable bonds is 3. The summed E-state index contributed by atoms with van der Waals surface area (Å²) in [6.45, 7) is 7.49. The van der Waals surface area contributed by atoms with Gasteiger partial charge in [-0.05, 0) is 19.8 Å². The Labute approximate surface area is 83.3 Å². The quantitative estimate of drug-likeness (QED) is 0.405. The van der Waals surface area contributed by atoms with E-state index in [-0.39, 0.29) is 5.92 Å². The number of carbonyl (C=O) groups excluding carboxylic acids is 1. The molecule has 0 N–H and O–H groups in total. The van der Waals surface area contributed by atoms with E-state index in [0.29, 0.717) is 6.61 Å². The summed E-state index contributed by atoms with van der Waals surface area (Å²) in [5.41, 5.74) is 0. The lowest BCUT2D eigenvalue weighted by Crippen LogP contribution is -2.20. The zero-order chi connectivity index (χ0) is 10.5. The summed E-state index contributed by atoms with van der Waals surface area (Å²) in [6, 6.07) is 0. The van der Waals surface area contributed by atoms with Crippen molar-refractivity contribution < 1.29 is 9.53 Å². The molecule has 0 spiro atoms. The molecule has 0 aliphatic rings. The molecule has 0 rings (SSSR count). The van der Waals surface area contributed by atoms with Gasteiger partial charge in [-0.15, -0.1) is 0 Å². The molecule has 0 aromatic rings. The average molecular weight is 207 g/mol. The third-order valence-corrected chi connectivity index (χ3v) is 2.16. The highest BCUT2D eigenvalue weighted by molar-refractivity contribution is 6.23. The minimum atomic E-state index is -0.841. The van der Waals surface area contributed by atoms with Gasteiger partial charge in [-0.25, -0.2) is 4.79 Å². The van der Waals surface area contributed by atoms with Crippen LogP contribution in [0.1, 0.15) is 27.7 Å². The number of halogens is 1. The lowest BCUT2D eigenvalue weighted by molar-refractivity contribution is 0.160. The Kier molecular flexibility index (Phi) is 4.91. The Hall–Kier alpha value is -0.640. The van der Waals surface area contributed by atoms with Crippen LogP contribution in [-0.2, 0) is 4.74 Å². The third kappa shape index (κ3) is 4.83. The van der Waals surface area contributed by atoms with Crippen LogP contribution in [0.15, 0.2) is 10.2 Å². The molecule has 0 heterocycles. The van der Waals surface area contributed by atoms with Crippen LogP contribution in [0, 0.1) is 5.92 Å². The Morgan fingerprint density at radius 3 is 2.54 bits per heavy atom. The first-order chi connectivity index (χ1) is 5.90. The van der Waals surface area contributed by atoms with E-state index < -0.39 is 11.1 Å². The van der Waals surface area contributed by atoms with Crippen molar-refractivity contribution in [1.29, 1.82) is 0 Å². The van der Waals surface area contributed by atoms with Gasteiger partial charge in [0, 0.05) is 0 Å². The summed E-state index contributed by atoms with van der Waals surface area (Å²) in [6.07, 6.45) is -0.699. The normalized spacial score (nSPS) is 16.2. The molecule has 0 aliphatic heterocycles. The van der Waals surface area contributed by atoms with Crippen molar-refractivity contribution in [3.63, 3.8) is 0 Å². The fraction of sp³-hybridized carbons (Fsp3) is 0.875. The van der Waals surface area contributed by atoms with Gasteiger partial charge in [-0.3, -0.25) is 0 Å². The lowest BCUT2D eigenvalue weighted by Gasteiger charge is -2.18. The predicted molar refractivity (Wildman–Crippen MR) is 51.0 cm³/mol. The van der Waals surface area contributed by atoms with Crippen molar-refractivity contribution >= 4 is 17.7 Å². The molecular weight excluding hydrogens is 192 g/mol. The van der Waals surface area contributed by atoms with Crippen molar-refractivity contribution in [2.45, 2.75) is 32.7 Å². The van der Waals surface area contributed by atoms with E-state index in [1.54, 1.807) is 13.8 Å². The van der Waals surface area contributed by atoms with Crippen LogP contribution < -0.4 is 0 Å². The second kappa shape index (κ2) is 5.17. The second-order valence-corrected chi connectivity index (χ2v) is 3.84. The van der Waals surface area contributed by atoms with E-state index in [9.17, 15) is 4.79 Å². The number of hydrogen-bond donors (Lipinski definition) is 0. The largest absolute Gasteiger partial charge is 0.452 e. The first-order valence-electron chi connectivity index (χ1n) is 4.18. The molecule has 1 amide bonds. The van der Waals surface area contributed by atoms with Crippen molar-refractivity contribution in [3.8, 4) is 0 Å². The topological polar surface area (TPSA) is 51.0 Å². The number of alkyl halides is 1. The fourth-order valence-corrected chi connectivity index (χ4v) is 0.444. The summed E-state index contributed by atoms with van der Waals surface area (Å²) in [5, 5.41) is 7.03. The first-order valence-corrected chi connectivity index (χ1v) is 4.56. The van der Waals surface area contributed by atoms with Crippen molar-refractivity contribution in [2.75, 3.05) is 6.61 Å². The van der Waals surface area contributed by atoms with Gasteiger partial charge in [0.15, 0.2) is 5.00 Å². The molecule has 1 atom stereocenters. The molecule has 0 radical (unpaired) electrons. The van der Waals surface area contributed by atoms with Gasteiger partial charge in [0.1, 0.15) is 0 Å². The molecule has 76 valence electrons. The minimum absolute atomic E-state index is 0.104. The standard InChI is InChI=1S/C8H15ClN2O2/c1-5-13-7(12)10-11-8(4,9)6(2)3/h6H,5H2,1-4H3/b11-10+. The van der Waals surface area contributed by atoms with Crippen LogP contribution >= 0.6 is 11.6 Å². The molecule has 1 unspecified atom stereocenters. The second-order valence-electron chi connectivity index (χ2n) is 3.08. The van der Waals surface area contributed by atoms with Gasteiger partial charge in [0.25, 0.3) is 0 Å². The number of carbonyl (C=O) groups is 1. The maximum atomic E-state index is 10.8. The average Bonchev–Trinajstić information content (AvgIpc) is 2.01. The Morgan fingerprint density at radius 2 is 2.15 bits per heavy atom. The molecule has 0 bridgehead atoms. The number of azo groups is 1. The SMILES string of the molecule is CCOC(=O)/N=N/C(C)(Cl)C(C)C. The molecule has 0 aromatic heterocycles. The summed E-state index contributed by atoms with van der Waals surface area (Å²) in [7, 11) is 0. The van der Waals surface area contributed by atoms with Crippen molar-refractivity contribution in [3.05, 3.63) is 0 Å². The van der Waals surface area contributed by atoms with Gasteiger partial charge in [-0.1, -0.05) is 30.6 Å². The van der Waals surface area contributed by atoms with E-state index in [1.807, 2.05) is 13.8 Å². The number of hydrogen-bond acceptors (Lipinski definition) is 3. The number of ether oxygens (including phenoxy) is 1. The Morgan fingerprint density at radius 1 is 1.62 bits per heavy atom. The van der Waals surface area contributed by atoms with Crippen molar-refractivity contribution in [2.24, 2.45) is 16.1 Å². The van der Waals surface area contributed by atoms with E-state index in [1.165, 1.54) is 0 Å². The molecule has 4 nitrogen and oxygen atoms in total. The van der Waals surface area contributed by atoms with Crippen LogP contribution in [0.25, 0.3) is 0 Å². The van der Waals surface area contributed by atoms with Gasteiger partial charge < -0.3 is 4.74 Å². The number of amides is 1. The fourth-order valence-electron chi connectivity index (χ4n) is 0.406. The lowest BCUT2D eigenvalue weighted by atomic mass is 10.1. The van der Waals surface area contributed by atoms with E-state index in [4.69, 9.17) is 11.6 Å². The molecule has 0 saturated heterocycles. The van der Waals surface area contributed by atoms with Gasteiger partial charge in [0.05, 0.1) is 6.61 Å². The first kappa shape index (κ1) is 12.4. The zero-order valence-electron chi connectivity index (χ0n) is 8.37. The van der Waals surface area contributed by atoms with E-state index in [2.05, 4.69) is 15.0 Å². The summed E-state index contributed by atoms with van der Waals surface area (Å²) in [4.78, 5) is 9.93. The third-order valence-electron chi connectivity index (χ3n) is 1.65. The molecule has 0 saturated carbocycles. The smallest absolute Gasteiger partial charge is 0.447 e. The van der Waals surface area contributed by atoms with Crippen molar-refractivity contribution in [1.82, 2.24) is 0 Å². The van der Waals surface area contributed by atoms with Crippen LogP contribution in [0.5, 0.6) is 0 Å². The highest BCUT2D eigenvalue weighted by Crippen LogP contribution is 2.26. The zero-order valence-corrected chi connectivity index (χ0v) is 9.13. The summed E-state index contributed by atoms with van der Waals surface area (Å²) in [5.74, 6) is 0.104. The molecule has 13 heavy (non-hydrogen) atoms. The molecule has 5 heteroatoms. The van der Waals surface area contributed by atoms with Gasteiger partial charge in [0.2, 0.25) is 0 Å². The maximum absolute atomic E-state index is 10.8. The molecule has 0 aromatic carbocycles.